The van der Waals surface area contributed by atoms with Crippen molar-refractivity contribution in [2.75, 3.05) is 33.0 Å². The lowest BCUT2D eigenvalue weighted by atomic mass is 9.97. The standard InChI is InChI=1S/C17H28N2O7/c1-17(2,3)12-18-13(20)6-8-24-10-11-25-9-7-16(23)26-19-14(21)4-5-15(19)22/h4-12H2,1-3H3,(H,18,20). The van der Waals surface area contributed by atoms with E-state index in [-0.39, 0.29) is 50.2 Å². The average Bonchev–Trinajstić information content (AvgIpc) is 2.86. The van der Waals surface area contributed by atoms with E-state index >= 15 is 0 Å². The second-order valence-corrected chi connectivity index (χ2v) is 7.11. The van der Waals surface area contributed by atoms with Gasteiger partial charge < -0.3 is 19.6 Å². The number of carbonyl (C=O) groups excluding carboxylic acids is 4. The van der Waals surface area contributed by atoms with Crippen LogP contribution in [0.4, 0.5) is 0 Å². The molecular weight excluding hydrogens is 344 g/mol. The highest BCUT2D eigenvalue weighted by molar-refractivity contribution is 6.01. The molecule has 0 aromatic carbocycles. The van der Waals surface area contributed by atoms with Crippen LogP contribution in [0.15, 0.2) is 0 Å². The molecule has 0 atom stereocenters. The van der Waals surface area contributed by atoms with Crippen LogP contribution in [0.2, 0.25) is 0 Å². The van der Waals surface area contributed by atoms with E-state index in [0.29, 0.717) is 24.8 Å². The maximum absolute atomic E-state index is 11.6. The van der Waals surface area contributed by atoms with Crippen LogP contribution in [0.5, 0.6) is 0 Å². The van der Waals surface area contributed by atoms with E-state index in [2.05, 4.69) is 5.32 Å². The summed E-state index contributed by atoms with van der Waals surface area (Å²) in [4.78, 5) is 50.3. The number of ether oxygens (including phenoxy) is 2. The van der Waals surface area contributed by atoms with Crippen molar-refractivity contribution in [1.29, 1.82) is 0 Å². The van der Waals surface area contributed by atoms with Gasteiger partial charge in [0, 0.05) is 25.8 Å². The fourth-order valence-corrected chi connectivity index (χ4v) is 1.90. The molecule has 9 heteroatoms. The minimum absolute atomic E-state index is 0.0425. The molecule has 1 saturated heterocycles. The quantitative estimate of drug-likeness (QED) is 0.417. The summed E-state index contributed by atoms with van der Waals surface area (Å²) in [5, 5.41) is 3.34. The van der Waals surface area contributed by atoms with Crippen molar-refractivity contribution in [3.63, 3.8) is 0 Å². The largest absolute Gasteiger partial charge is 0.379 e. The molecule has 1 fully saturated rings. The number of imide groups is 1. The number of carbonyl (C=O) groups is 4. The van der Waals surface area contributed by atoms with Gasteiger partial charge in [0.2, 0.25) is 5.91 Å². The van der Waals surface area contributed by atoms with Crippen LogP contribution >= 0.6 is 0 Å². The highest BCUT2D eigenvalue weighted by Gasteiger charge is 2.32. The lowest BCUT2D eigenvalue weighted by Crippen LogP contribution is -2.32. The van der Waals surface area contributed by atoms with Crippen LogP contribution < -0.4 is 5.32 Å². The van der Waals surface area contributed by atoms with Crippen molar-refractivity contribution in [2.24, 2.45) is 5.41 Å². The normalized spacial score (nSPS) is 14.7. The number of rotatable bonds is 11. The van der Waals surface area contributed by atoms with Gasteiger partial charge in [-0.3, -0.25) is 14.4 Å². The molecule has 1 heterocycles. The van der Waals surface area contributed by atoms with E-state index in [4.69, 9.17) is 14.3 Å². The highest BCUT2D eigenvalue weighted by atomic mass is 16.7. The Kier molecular flexibility index (Phi) is 9.22. The first kappa shape index (κ1) is 22.0. The molecule has 0 aliphatic carbocycles. The lowest BCUT2D eigenvalue weighted by molar-refractivity contribution is -0.198. The molecule has 0 aromatic rings. The Balaban J connectivity index is 1.96. The molecule has 1 aliphatic heterocycles. The first-order chi connectivity index (χ1) is 12.2. The summed E-state index contributed by atoms with van der Waals surface area (Å²) in [5.74, 6) is -1.78. The van der Waals surface area contributed by atoms with Crippen LogP contribution in [-0.2, 0) is 33.5 Å². The van der Waals surface area contributed by atoms with Gasteiger partial charge in [0.25, 0.3) is 11.8 Å². The fraction of sp³-hybridized carbons (Fsp3) is 0.765. The molecule has 26 heavy (non-hydrogen) atoms. The molecular formula is C17H28N2O7. The van der Waals surface area contributed by atoms with Crippen molar-refractivity contribution in [1.82, 2.24) is 10.4 Å². The van der Waals surface area contributed by atoms with Crippen LogP contribution in [0.1, 0.15) is 46.5 Å². The third-order valence-corrected chi connectivity index (χ3v) is 3.31. The van der Waals surface area contributed by atoms with E-state index in [0.717, 1.165) is 0 Å². The maximum Gasteiger partial charge on any atom is 0.335 e. The van der Waals surface area contributed by atoms with Crippen molar-refractivity contribution in [3.05, 3.63) is 0 Å². The van der Waals surface area contributed by atoms with Crippen molar-refractivity contribution >= 4 is 23.7 Å². The molecule has 1 N–H and O–H groups in total. The van der Waals surface area contributed by atoms with Gasteiger partial charge in [-0.15, -0.1) is 5.06 Å². The minimum Gasteiger partial charge on any atom is -0.379 e. The Bertz CT molecular complexity index is 498. The number of hydroxylamine groups is 2. The van der Waals surface area contributed by atoms with Crippen molar-refractivity contribution in [3.8, 4) is 0 Å². The highest BCUT2D eigenvalue weighted by Crippen LogP contribution is 2.12. The van der Waals surface area contributed by atoms with Gasteiger partial charge >= 0.3 is 5.97 Å². The first-order valence-electron chi connectivity index (χ1n) is 8.68. The molecule has 9 nitrogen and oxygen atoms in total. The molecule has 0 radical (unpaired) electrons. The monoisotopic (exact) mass is 372 g/mol. The third-order valence-electron chi connectivity index (χ3n) is 3.31. The van der Waals surface area contributed by atoms with Gasteiger partial charge in [-0.1, -0.05) is 20.8 Å². The zero-order valence-electron chi connectivity index (χ0n) is 15.7. The van der Waals surface area contributed by atoms with E-state index in [1.165, 1.54) is 0 Å². The minimum atomic E-state index is -0.704. The summed E-state index contributed by atoms with van der Waals surface area (Å²) >= 11 is 0. The van der Waals surface area contributed by atoms with Gasteiger partial charge in [-0.05, 0) is 5.41 Å². The molecule has 0 saturated carbocycles. The predicted octanol–water partition coefficient (Wildman–Crippen LogP) is 0.569. The summed E-state index contributed by atoms with van der Waals surface area (Å²) in [7, 11) is 0. The average molecular weight is 372 g/mol. The second-order valence-electron chi connectivity index (χ2n) is 7.11. The van der Waals surface area contributed by atoms with Crippen LogP contribution in [0.25, 0.3) is 0 Å². The number of nitrogens with one attached hydrogen (secondary N) is 1. The van der Waals surface area contributed by atoms with Crippen molar-refractivity contribution in [2.45, 2.75) is 46.5 Å². The Hall–Kier alpha value is -2.00. The van der Waals surface area contributed by atoms with E-state index in [9.17, 15) is 19.2 Å². The van der Waals surface area contributed by atoms with Gasteiger partial charge in [-0.2, -0.15) is 0 Å². The summed E-state index contributed by atoms with van der Waals surface area (Å²) in [5.41, 5.74) is 0.0425. The molecule has 0 unspecified atom stereocenters. The number of amides is 3. The fourth-order valence-electron chi connectivity index (χ4n) is 1.90. The van der Waals surface area contributed by atoms with Gasteiger partial charge in [0.05, 0.1) is 32.8 Å². The van der Waals surface area contributed by atoms with Crippen LogP contribution in [-0.4, -0.2) is 61.7 Å². The Morgan fingerprint density at radius 1 is 0.962 bits per heavy atom. The number of hydrogen-bond donors (Lipinski definition) is 1. The zero-order chi connectivity index (χ0) is 19.6. The first-order valence-corrected chi connectivity index (χ1v) is 8.68. The van der Waals surface area contributed by atoms with E-state index < -0.39 is 17.8 Å². The van der Waals surface area contributed by atoms with Gasteiger partial charge in [0.1, 0.15) is 0 Å². The van der Waals surface area contributed by atoms with Gasteiger partial charge in [-0.25, -0.2) is 4.79 Å². The predicted molar refractivity (Wildman–Crippen MR) is 90.5 cm³/mol. The Morgan fingerprint density at radius 3 is 2.04 bits per heavy atom. The lowest BCUT2D eigenvalue weighted by Gasteiger charge is -2.18. The number of nitrogens with zero attached hydrogens (tertiary/aromatic N) is 1. The van der Waals surface area contributed by atoms with Crippen LogP contribution in [0.3, 0.4) is 0 Å². The molecule has 0 spiro atoms. The topological polar surface area (TPSA) is 111 Å². The molecule has 3 amide bonds. The smallest absolute Gasteiger partial charge is 0.335 e. The van der Waals surface area contributed by atoms with Crippen molar-refractivity contribution < 1.29 is 33.5 Å². The summed E-state index contributed by atoms with van der Waals surface area (Å²) in [6.45, 7) is 7.67. The maximum atomic E-state index is 11.6. The van der Waals surface area contributed by atoms with E-state index in [1.807, 2.05) is 20.8 Å². The summed E-state index contributed by atoms with van der Waals surface area (Å²) in [6, 6.07) is 0. The van der Waals surface area contributed by atoms with Gasteiger partial charge in [0.15, 0.2) is 0 Å². The van der Waals surface area contributed by atoms with E-state index in [1.54, 1.807) is 0 Å². The van der Waals surface area contributed by atoms with Crippen LogP contribution in [0, 0.1) is 5.41 Å². The molecule has 148 valence electrons. The molecule has 1 rings (SSSR count). The third kappa shape index (κ3) is 9.47. The zero-order valence-corrected chi connectivity index (χ0v) is 15.7. The Morgan fingerprint density at radius 2 is 1.50 bits per heavy atom. The molecule has 0 aromatic heterocycles. The summed E-state index contributed by atoms with van der Waals surface area (Å²) < 4.78 is 10.5. The Labute approximate surface area is 153 Å². The SMILES string of the molecule is CC(C)(C)CNC(=O)CCOCCOCCC(=O)ON1C(=O)CCC1=O. The summed E-state index contributed by atoms with van der Waals surface area (Å²) in [6.07, 6.45) is 0.328. The second kappa shape index (κ2) is 10.9. The molecule has 1 aliphatic rings. The number of hydrogen-bond acceptors (Lipinski definition) is 7. The molecule has 0 bridgehead atoms.